The molecule has 352 valence electrons. The number of halogens is 2. The van der Waals surface area contributed by atoms with E-state index in [1.807, 2.05) is 0 Å². The van der Waals surface area contributed by atoms with Crippen molar-refractivity contribution in [3.63, 3.8) is 0 Å². The molecule has 2 radical (unpaired) electrons. The number of hydrogen-bond acceptors (Lipinski definition) is 2. The van der Waals surface area contributed by atoms with Crippen LogP contribution in [0.4, 0.5) is 0 Å². The van der Waals surface area contributed by atoms with Crippen LogP contribution in [0.3, 0.4) is 0 Å². The molecule has 0 aliphatic rings. The van der Waals surface area contributed by atoms with Crippen LogP contribution in [0, 0.1) is 42.5 Å². The maximum atomic E-state index is 6.28. The molecule has 0 aliphatic heterocycles. The molecule has 8 rings (SSSR count). The van der Waals surface area contributed by atoms with Gasteiger partial charge in [-0.15, -0.1) is 82.8 Å². The van der Waals surface area contributed by atoms with Gasteiger partial charge in [0, 0.05) is 0 Å². The monoisotopic (exact) mass is 1050 g/mol. The van der Waals surface area contributed by atoms with Crippen molar-refractivity contribution in [3.8, 4) is 44.9 Å². The van der Waals surface area contributed by atoms with Crippen LogP contribution >= 0.6 is 24.8 Å². The first-order chi connectivity index (χ1) is 28.9. The third kappa shape index (κ3) is 12.7. The molecule has 8 aromatic rings. The molecule has 0 unspecified atom stereocenters. The molecule has 8 heteroatoms. The predicted octanol–water partition coefficient (Wildman–Crippen LogP) is 17.3. The van der Waals surface area contributed by atoms with E-state index in [0.29, 0.717) is 0 Å². The van der Waals surface area contributed by atoms with Gasteiger partial charge < -0.3 is 23.7 Å². The molecule has 6 aromatic carbocycles. The van der Waals surface area contributed by atoms with Gasteiger partial charge in [-0.25, -0.2) is 0 Å². The molecular formula is C58H74Cl2O2Si3Zr-4. The number of furan rings is 2. The van der Waals surface area contributed by atoms with Gasteiger partial charge in [0.2, 0.25) is 0 Å². The van der Waals surface area contributed by atoms with Crippen LogP contribution < -0.4 is 10.8 Å². The second-order valence-electron chi connectivity index (χ2n) is 21.4. The molecule has 2 nitrogen and oxygen atoms in total. The Labute approximate surface area is 430 Å². The molecular weight excluding hydrogens is 975 g/mol. The van der Waals surface area contributed by atoms with Crippen molar-refractivity contribution in [1.82, 2.24) is 0 Å². The number of fused-ring (bicyclic) bond motifs is 2. The van der Waals surface area contributed by atoms with Crippen molar-refractivity contribution in [3.05, 3.63) is 157 Å². The van der Waals surface area contributed by atoms with Gasteiger partial charge in [0.05, 0.1) is 22.3 Å². The van der Waals surface area contributed by atoms with Crippen LogP contribution in [0.25, 0.3) is 66.4 Å². The second-order valence-corrected chi connectivity index (χ2v) is 31.3. The third-order valence-corrected chi connectivity index (χ3v) is 15.9. The minimum atomic E-state index is -1.45. The molecule has 0 fully saturated rings. The minimum absolute atomic E-state index is 0. The first kappa shape index (κ1) is 58.9. The summed E-state index contributed by atoms with van der Waals surface area (Å²) in [6.07, 6.45) is 0. The molecule has 0 bridgehead atoms. The van der Waals surface area contributed by atoms with Gasteiger partial charge in [-0.3, -0.25) is 0 Å². The Morgan fingerprint density at radius 2 is 0.773 bits per heavy atom. The number of benzene rings is 4. The average molecular weight is 1050 g/mol. The molecule has 66 heavy (non-hydrogen) atoms. The predicted molar refractivity (Wildman–Crippen MR) is 301 cm³/mol. The van der Waals surface area contributed by atoms with Crippen LogP contribution in [0.2, 0.25) is 39.3 Å². The van der Waals surface area contributed by atoms with Crippen LogP contribution in [-0.4, -0.2) is 23.0 Å². The molecule has 2 aromatic heterocycles. The Kier molecular flexibility index (Phi) is 20.0. The van der Waals surface area contributed by atoms with Crippen LogP contribution in [0.5, 0.6) is 0 Å². The number of aryl methyl sites for hydroxylation is 2. The van der Waals surface area contributed by atoms with Crippen molar-refractivity contribution >= 4 is 80.2 Å². The summed E-state index contributed by atoms with van der Waals surface area (Å²) >= 11 is 1.36. The fourth-order valence-electron chi connectivity index (χ4n) is 8.30. The summed E-state index contributed by atoms with van der Waals surface area (Å²) in [6.45, 7) is 39.5. The van der Waals surface area contributed by atoms with E-state index in [1.54, 1.807) is 0 Å². The Balaban J connectivity index is 0.000000413. The van der Waals surface area contributed by atoms with Gasteiger partial charge in [-0.05, 0) is 84.0 Å². The molecule has 2 heterocycles. The van der Waals surface area contributed by atoms with Gasteiger partial charge in [0.1, 0.15) is 16.1 Å². The van der Waals surface area contributed by atoms with E-state index in [0.717, 1.165) is 22.3 Å². The van der Waals surface area contributed by atoms with Crippen LogP contribution in [0.1, 0.15) is 74.9 Å². The molecule has 0 spiro atoms. The molecule has 0 aliphatic carbocycles. The van der Waals surface area contributed by atoms with Crippen molar-refractivity contribution in [2.75, 3.05) is 0 Å². The molecule has 0 saturated carbocycles. The first-order valence-corrected chi connectivity index (χ1v) is 33.2. The molecule has 0 atom stereocenters. The topological polar surface area (TPSA) is 26.3 Å². The fourth-order valence-corrected chi connectivity index (χ4v) is 10.3. The summed E-state index contributed by atoms with van der Waals surface area (Å²) in [5.74, 6) is 1.96. The standard InChI is InChI=1S/2C28H33OSi.2CH3.2ClH.Si.Zr/c2*1-18-15-21-16-22(25-13-14-26(29-25)30(6,7)8)17-24(21)27(19(18)2)20-9-11-23(12-10-20)28(3,4)5;;;;;;/h2*9-17H,1-8H3;2*1H3;2*1H;;/q4*-1;;;;. The summed E-state index contributed by atoms with van der Waals surface area (Å²) in [4.78, 5) is 0. The fraction of sp³-hybridized carbons (Fsp3) is 0.310. The normalized spacial score (nSPS) is 11.6. The summed E-state index contributed by atoms with van der Waals surface area (Å²) in [5.41, 5.74) is 16.0. The summed E-state index contributed by atoms with van der Waals surface area (Å²) in [5, 5.41) is 7.51. The molecule has 0 amide bonds. The summed E-state index contributed by atoms with van der Waals surface area (Å²) in [6, 6.07) is 40.6. The van der Waals surface area contributed by atoms with E-state index in [4.69, 9.17) is 8.83 Å². The first-order valence-electron chi connectivity index (χ1n) is 22.0. The zero-order valence-corrected chi connectivity index (χ0v) is 50.1. The quantitative estimate of drug-likeness (QED) is 0.123. The zero-order chi connectivity index (χ0) is 45.7. The maximum absolute atomic E-state index is 6.28. The molecule has 0 N–H and O–H groups in total. The number of hydrogen-bond donors (Lipinski definition) is 0. The third-order valence-electron chi connectivity index (χ3n) is 12.4. The van der Waals surface area contributed by atoms with Crippen LogP contribution in [-0.2, 0) is 34.2 Å². The van der Waals surface area contributed by atoms with E-state index in [-0.39, 0.29) is 50.5 Å². The van der Waals surface area contributed by atoms with Crippen molar-refractivity contribution in [2.24, 2.45) is 0 Å². The van der Waals surface area contributed by atoms with Gasteiger partial charge in [-0.1, -0.05) is 175 Å². The van der Waals surface area contributed by atoms with Crippen molar-refractivity contribution < 1.29 is 32.2 Å². The average Bonchev–Trinajstić information content (AvgIpc) is 4.02. The Morgan fingerprint density at radius 3 is 1.03 bits per heavy atom. The Morgan fingerprint density at radius 1 is 0.470 bits per heavy atom. The van der Waals surface area contributed by atoms with Gasteiger partial charge in [0.25, 0.3) is 0 Å². The van der Waals surface area contributed by atoms with E-state index in [2.05, 4.69) is 225 Å². The van der Waals surface area contributed by atoms with E-state index in [9.17, 15) is 0 Å². The zero-order valence-electron chi connectivity index (χ0n) is 43.0. The molecule has 0 saturated heterocycles. The Hall–Kier alpha value is -3.23. The van der Waals surface area contributed by atoms with Gasteiger partial charge in [-0.2, -0.15) is 0 Å². The van der Waals surface area contributed by atoms with E-state index in [1.165, 1.54) is 112 Å². The summed E-state index contributed by atoms with van der Waals surface area (Å²) in [7, 11) is -2.91. The summed E-state index contributed by atoms with van der Waals surface area (Å²) < 4.78 is 12.6. The SMILES string of the molecule is Cc1cc2[cH-]c(-c3ccc([Si](C)(C)C)o3)cc2c(-c2ccc(C(C)(C)C)cc2)c1C.Cc1cc2[cH-]c(-c3ccc([Si](C)(C)C)o3)cc2c(-c2ccc(C(C)(C)C)cc2)c1C.Cl.Cl.[CH3-].[CH3-].[Si]=[Zr]. The number of rotatable bonds is 6. The Bertz CT molecular complexity index is 2650. The van der Waals surface area contributed by atoms with Gasteiger partial charge in [0.15, 0.2) is 0 Å². The van der Waals surface area contributed by atoms with E-state index >= 15 is 0 Å². The van der Waals surface area contributed by atoms with E-state index < -0.39 is 16.1 Å². The van der Waals surface area contributed by atoms with Crippen molar-refractivity contribution in [1.29, 1.82) is 0 Å². The second kappa shape index (κ2) is 22.5. The van der Waals surface area contributed by atoms with Gasteiger partial charge >= 0.3 is 30.2 Å². The van der Waals surface area contributed by atoms with Crippen LogP contribution in [0.15, 0.2) is 118 Å². The van der Waals surface area contributed by atoms with Crippen molar-refractivity contribution in [2.45, 2.75) is 119 Å².